The van der Waals surface area contributed by atoms with Crippen molar-refractivity contribution in [3.63, 3.8) is 0 Å². The summed E-state index contributed by atoms with van der Waals surface area (Å²) in [4.78, 5) is 0. The van der Waals surface area contributed by atoms with E-state index in [0.717, 1.165) is 23.7 Å². The summed E-state index contributed by atoms with van der Waals surface area (Å²) in [7, 11) is 1.70. The number of rotatable bonds is 5. The lowest BCUT2D eigenvalue weighted by molar-refractivity contribution is 0.103. The molecule has 0 fully saturated rings. The van der Waals surface area contributed by atoms with E-state index in [4.69, 9.17) is 16.3 Å². The Labute approximate surface area is 90.2 Å². The van der Waals surface area contributed by atoms with Crippen molar-refractivity contribution in [3.8, 4) is 0 Å². The van der Waals surface area contributed by atoms with Gasteiger partial charge in [0.25, 0.3) is 0 Å². The molecule has 0 saturated carbocycles. The van der Waals surface area contributed by atoms with E-state index in [1.54, 1.807) is 7.11 Å². The molecule has 1 aromatic carbocycles. The molecule has 0 aromatic heterocycles. The first-order valence-corrected chi connectivity index (χ1v) is 5.15. The summed E-state index contributed by atoms with van der Waals surface area (Å²) < 4.78 is 5.37. The minimum absolute atomic E-state index is 0.0312. The monoisotopic (exact) mass is 213 g/mol. The van der Waals surface area contributed by atoms with Crippen molar-refractivity contribution in [2.24, 2.45) is 0 Å². The topological polar surface area (TPSA) is 21.3 Å². The van der Waals surface area contributed by atoms with Crippen molar-refractivity contribution >= 4 is 11.6 Å². The van der Waals surface area contributed by atoms with E-state index in [0.29, 0.717) is 0 Å². The molecule has 0 aliphatic rings. The van der Waals surface area contributed by atoms with Gasteiger partial charge in [-0.3, -0.25) is 0 Å². The predicted molar refractivity (Wildman–Crippen MR) is 59.7 cm³/mol. The van der Waals surface area contributed by atoms with Gasteiger partial charge in [-0.1, -0.05) is 36.7 Å². The van der Waals surface area contributed by atoms with Gasteiger partial charge in [-0.2, -0.15) is 0 Å². The van der Waals surface area contributed by atoms with Gasteiger partial charge in [-0.25, -0.2) is 0 Å². The summed E-state index contributed by atoms with van der Waals surface area (Å²) >= 11 is 6.07. The highest BCUT2D eigenvalue weighted by atomic mass is 35.5. The fraction of sp³-hybridized carbons (Fsp3) is 0.455. The van der Waals surface area contributed by atoms with E-state index in [1.807, 2.05) is 24.3 Å². The van der Waals surface area contributed by atoms with Gasteiger partial charge >= 0.3 is 0 Å². The van der Waals surface area contributed by atoms with Gasteiger partial charge in [0.2, 0.25) is 0 Å². The van der Waals surface area contributed by atoms with Gasteiger partial charge in [0.1, 0.15) is 0 Å². The summed E-state index contributed by atoms with van der Waals surface area (Å²) in [6.07, 6.45) is 0.0312. The predicted octanol–water partition coefficient (Wildman–Crippen LogP) is 2.64. The lowest BCUT2D eigenvalue weighted by Gasteiger charge is -2.17. The molecule has 1 unspecified atom stereocenters. The molecule has 0 saturated heterocycles. The van der Waals surface area contributed by atoms with Crippen LogP contribution in [0.4, 0.5) is 0 Å². The van der Waals surface area contributed by atoms with Crippen LogP contribution >= 0.6 is 11.6 Å². The highest BCUT2D eigenvalue weighted by Gasteiger charge is 2.12. The molecular weight excluding hydrogens is 198 g/mol. The average Bonchev–Trinajstić information content (AvgIpc) is 2.21. The zero-order valence-corrected chi connectivity index (χ0v) is 9.34. The normalized spacial score (nSPS) is 12.8. The molecule has 1 rings (SSSR count). The number of halogens is 1. The standard InChI is InChI=1S/C11H16ClNO/c1-3-13-8-11(14-2)9-6-4-5-7-10(9)12/h4-7,11,13H,3,8H2,1-2H3. The maximum Gasteiger partial charge on any atom is 0.0959 e. The van der Waals surface area contributed by atoms with Crippen LogP contribution in [0.3, 0.4) is 0 Å². The Hall–Kier alpha value is -0.570. The van der Waals surface area contributed by atoms with Crippen molar-refractivity contribution in [1.29, 1.82) is 0 Å². The van der Waals surface area contributed by atoms with Crippen LogP contribution in [-0.4, -0.2) is 20.2 Å². The molecule has 0 spiro atoms. The smallest absolute Gasteiger partial charge is 0.0959 e. The molecule has 0 bridgehead atoms. The number of likely N-dealkylation sites (N-methyl/N-ethyl adjacent to an activating group) is 1. The summed E-state index contributed by atoms with van der Waals surface area (Å²) in [5.41, 5.74) is 1.04. The van der Waals surface area contributed by atoms with Crippen molar-refractivity contribution < 1.29 is 4.74 Å². The Morgan fingerprint density at radius 1 is 1.43 bits per heavy atom. The summed E-state index contributed by atoms with van der Waals surface area (Å²) in [6, 6.07) is 7.77. The van der Waals surface area contributed by atoms with E-state index < -0.39 is 0 Å². The van der Waals surface area contributed by atoms with Crippen molar-refractivity contribution in [2.45, 2.75) is 13.0 Å². The van der Waals surface area contributed by atoms with E-state index in [-0.39, 0.29) is 6.10 Å². The second kappa shape index (κ2) is 6.02. The van der Waals surface area contributed by atoms with Gasteiger partial charge in [-0.15, -0.1) is 0 Å². The third kappa shape index (κ3) is 2.98. The summed E-state index contributed by atoms with van der Waals surface area (Å²) in [6.45, 7) is 3.79. The molecule has 0 aliphatic carbocycles. The SMILES string of the molecule is CCNCC(OC)c1ccccc1Cl. The second-order valence-corrected chi connectivity index (χ2v) is 3.46. The molecule has 0 amide bonds. The fourth-order valence-electron chi connectivity index (χ4n) is 1.33. The quantitative estimate of drug-likeness (QED) is 0.812. The lowest BCUT2D eigenvalue weighted by atomic mass is 10.1. The minimum Gasteiger partial charge on any atom is -0.375 e. The van der Waals surface area contributed by atoms with Gasteiger partial charge in [0.15, 0.2) is 0 Å². The number of nitrogens with one attached hydrogen (secondary N) is 1. The molecule has 1 aromatic rings. The third-order valence-corrected chi connectivity index (χ3v) is 2.46. The maximum atomic E-state index is 6.07. The molecule has 3 heteroatoms. The molecule has 14 heavy (non-hydrogen) atoms. The van der Waals surface area contributed by atoms with E-state index >= 15 is 0 Å². The van der Waals surface area contributed by atoms with Crippen LogP contribution in [0.1, 0.15) is 18.6 Å². The van der Waals surface area contributed by atoms with Crippen LogP contribution in [0.2, 0.25) is 5.02 Å². The largest absolute Gasteiger partial charge is 0.375 e. The highest BCUT2D eigenvalue weighted by Crippen LogP contribution is 2.24. The average molecular weight is 214 g/mol. The van der Waals surface area contributed by atoms with Crippen LogP contribution in [0.25, 0.3) is 0 Å². The van der Waals surface area contributed by atoms with Crippen molar-refractivity contribution in [2.75, 3.05) is 20.2 Å². The second-order valence-electron chi connectivity index (χ2n) is 3.05. The number of hydrogen-bond acceptors (Lipinski definition) is 2. The first kappa shape index (κ1) is 11.5. The highest BCUT2D eigenvalue weighted by molar-refractivity contribution is 6.31. The van der Waals surface area contributed by atoms with Gasteiger partial charge in [-0.05, 0) is 12.6 Å². The van der Waals surface area contributed by atoms with Crippen LogP contribution in [0, 0.1) is 0 Å². The van der Waals surface area contributed by atoms with Crippen molar-refractivity contribution in [3.05, 3.63) is 34.9 Å². The zero-order chi connectivity index (χ0) is 10.4. The Morgan fingerprint density at radius 3 is 2.71 bits per heavy atom. The summed E-state index contributed by atoms with van der Waals surface area (Å²) in [5, 5.41) is 4.00. The number of hydrogen-bond donors (Lipinski definition) is 1. The molecular formula is C11H16ClNO. The Balaban J connectivity index is 2.73. The molecule has 1 N–H and O–H groups in total. The van der Waals surface area contributed by atoms with Crippen LogP contribution < -0.4 is 5.32 Å². The number of benzene rings is 1. The number of methoxy groups -OCH3 is 1. The van der Waals surface area contributed by atoms with Gasteiger partial charge in [0, 0.05) is 24.2 Å². The zero-order valence-electron chi connectivity index (χ0n) is 8.59. The Bertz CT molecular complexity index is 278. The minimum atomic E-state index is 0.0312. The Kier molecular flexibility index (Phi) is 4.94. The molecule has 2 nitrogen and oxygen atoms in total. The fourth-order valence-corrected chi connectivity index (χ4v) is 1.59. The third-order valence-electron chi connectivity index (χ3n) is 2.12. The molecule has 0 heterocycles. The van der Waals surface area contributed by atoms with E-state index in [2.05, 4.69) is 12.2 Å². The Morgan fingerprint density at radius 2 is 2.14 bits per heavy atom. The van der Waals surface area contributed by atoms with E-state index in [1.165, 1.54) is 0 Å². The van der Waals surface area contributed by atoms with Crippen molar-refractivity contribution in [1.82, 2.24) is 5.32 Å². The van der Waals surface area contributed by atoms with Crippen LogP contribution in [0.15, 0.2) is 24.3 Å². The first-order chi connectivity index (χ1) is 6.79. The maximum absolute atomic E-state index is 6.07. The first-order valence-electron chi connectivity index (χ1n) is 4.77. The van der Waals surface area contributed by atoms with Gasteiger partial charge < -0.3 is 10.1 Å². The van der Waals surface area contributed by atoms with E-state index in [9.17, 15) is 0 Å². The summed E-state index contributed by atoms with van der Waals surface area (Å²) in [5.74, 6) is 0. The van der Waals surface area contributed by atoms with Crippen LogP contribution in [-0.2, 0) is 4.74 Å². The molecule has 0 aliphatic heterocycles. The number of ether oxygens (including phenoxy) is 1. The lowest BCUT2D eigenvalue weighted by Crippen LogP contribution is -2.22. The molecule has 78 valence electrons. The van der Waals surface area contributed by atoms with Crippen LogP contribution in [0.5, 0.6) is 0 Å². The van der Waals surface area contributed by atoms with Gasteiger partial charge in [0.05, 0.1) is 6.10 Å². The molecule has 1 atom stereocenters. The molecule has 0 radical (unpaired) electrons.